The Balaban J connectivity index is 2.12. The lowest BCUT2D eigenvalue weighted by Crippen LogP contribution is -2.31. The zero-order valence-electron chi connectivity index (χ0n) is 14.8. The summed E-state index contributed by atoms with van der Waals surface area (Å²) in [6.07, 6.45) is 1.88. The predicted molar refractivity (Wildman–Crippen MR) is 99.9 cm³/mol. The molecule has 0 aliphatic carbocycles. The third-order valence-electron chi connectivity index (χ3n) is 3.55. The van der Waals surface area contributed by atoms with Crippen molar-refractivity contribution in [3.8, 4) is 0 Å². The number of hydrogen-bond donors (Lipinski definition) is 0. The number of rotatable bonds is 9. The molecule has 1 aromatic heterocycles. The number of aryl methyl sites for hydroxylation is 1. The molecule has 2 rings (SSSR count). The summed E-state index contributed by atoms with van der Waals surface area (Å²) in [6.45, 7) is 0.299. The Bertz CT molecular complexity index is 923. The van der Waals surface area contributed by atoms with Crippen molar-refractivity contribution < 1.29 is 22.5 Å². The van der Waals surface area contributed by atoms with Crippen molar-refractivity contribution in [1.82, 2.24) is 0 Å². The van der Waals surface area contributed by atoms with E-state index in [9.17, 15) is 23.1 Å². The van der Waals surface area contributed by atoms with Crippen LogP contribution in [0.15, 0.2) is 40.7 Å². The first-order valence-electron chi connectivity index (χ1n) is 7.96. The van der Waals surface area contributed by atoms with E-state index < -0.39 is 20.8 Å². The predicted octanol–water partition coefficient (Wildman–Crippen LogP) is 2.75. The van der Waals surface area contributed by atoms with Gasteiger partial charge in [-0.05, 0) is 42.2 Å². The Morgan fingerprint density at radius 2 is 1.85 bits per heavy atom. The number of thiazole rings is 1. The molecule has 2 aromatic rings. The summed E-state index contributed by atoms with van der Waals surface area (Å²) in [6, 6.07) is 7.32. The Kier molecular flexibility index (Phi) is 6.93. The van der Waals surface area contributed by atoms with Crippen LogP contribution in [0.5, 0.6) is 0 Å². The van der Waals surface area contributed by atoms with Gasteiger partial charge in [0.1, 0.15) is 5.69 Å². The van der Waals surface area contributed by atoms with E-state index >= 15 is 0 Å². The molecule has 0 fully saturated rings. The lowest BCUT2D eigenvalue weighted by atomic mass is 10.3. The molecule has 0 aliphatic heterocycles. The second-order valence-electron chi connectivity index (χ2n) is 5.88. The Morgan fingerprint density at radius 1 is 1.19 bits per heavy atom. The smallest absolute Gasteiger partial charge is 0.414 e. The third kappa shape index (κ3) is 6.66. The van der Waals surface area contributed by atoms with Gasteiger partial charge in [0, 0.05) is 36.9 Å². The average Bonchev–Trinajstić information content (AvgIpc) is 3.00. The minimum atomic E-state index is -4.26. The lowest BCUT2D eigenvalue weighted by molar-refractivity contribution is -0.682. The van der Waals surface area contributed by atoms with Crippen molar-refractivity contribution in [2.45, 2.75) is 19.4 Å². The van der Waals surface area contributed by atoms with E-state index in [1.54, 1.807) is 12.1 Å². The number of hydrogen-bond acceptors (Lipinski definition) is 9. The monoisotopic (exact) mass is 413 g/mol. The molecule has 10 nitrogen and oxygen atoms in total. The molecule has 0 saturated carbocycles. The summed E-state index contributed by atoms with van der Waals surface area (Å²) < 4.78 is 33.5. The fourth-order valence-corrected chi connectivity index (χ4v) is 3.51. The number of aromatic nitrogens is 1. The summed E-state index contributed by atoms with van der Waals surface area (Å²) in [5.74, 6) is -0.463. The normalized spacial score (nSPS) is 11.8. The van der Waals surface area contributed by atoms with Gasteiger partial charge >= 0.3 is 10.1 Å². The molecule has 0 atom stereocenters. The largest absolute Gasteiger partial charge is 0.748 e. The molecule has 0 aliphatic rings. The van der Waals surface area contributed by atoms with Crippen LogP contribution < -0.4 is 9.47 Å². The van der Waals surface area contributed by atoms with E-state index in [4.69, 9.17) is 0 Å². The van der Waals surface area contributed by atoms with Crippen LogP contribution in [0.3, 0.4) is 0 Å². The van der Waals surface area contributed by atoms with Crippen LogP contribution in [0.4, 0.5) is 21.5 Å². The first kappa shape index (κ1) is 20.9. The van der Waals surface area contributed by atoms with Gasteiger partial charge in [-0.2, -0.15) is 0 Å². The van der Waals surface area contributed by atoms with Crippen LogP contribution in [0.25, 0.3) is 0 Å². The first-order valence-corrected chi connectivity index (χ1v) is 10.4. The molecule has 12 heteroatoms. The lowest BCUT2D eigenvalue weighted by Gasteiger charge is -2.11. The zero-order valence-corrected chi connectivity index (χ0v) is 16.4. The fraction of sp³-hybridized carbons (Fsp3) is 0.400. The van der Waals surface area contributed by atoms with Crippen molar-refractivity contribution >= 4 is 43.0 Å². The molecule has 0 spiro atoms. The molecule has 0 amide bonds. The highest BCUT2D eigenvalue weighted by Gasteiger charge is 2.23. The maximum absolute atomic E-state index is 11.0. The summed E-state index contributed by atoms with van der Waals surface area (Å²) in [4.78, 5) is 12.4. The maximum Gasteiger partial charge on any atom is 0.414 e. The molecule has 0 radical (unpaired) electrons. The zero-order chi connectivity index (χ0) is 20.0. The highest BCUT2D eigenvalue weighted by atomic mass is 32.2. The van der Waals surface area contributed by atoms with Gasteiger partial charge in [-0.1, -0.05) is 0 Å². The van der Waals surface area contributed by atoms with Gasteiger partial charge in [-0.3, -0.25) is 10.1 Å². The number of nitrogens with zero attached hydrogens (tertiary/aromatic N) is 5. The number of azo groups is 1. The Morgan fingerprint density at radius 3 is 2.41 bits per heavy atom. The SMILES string of the molecule is CN(C)c1ccc(N=Nc2sc([N+](=O)[O-])c[n+]2CCCCS(=O)(=O)[O-])cc1. The fourth-order valence-electron chi connectivity index (χ4n) is 2.17. The van der Waals surface area contributed by atoms with Crippen LogP contribution in [0.2, 0.25) is 0 Å². The summed E-state index contributed by atoms with van der Waals surface area (Å²) in [5, 5.41) is 19.4. The van der Waals surface area contributed by atoms with Gasteiger partial charge in [0.2, 0.25) is 0 Å². The quantitative estimate of drug-likeness (QED) is 0.155. The van der Waals surface area contributed by atoms with E-state index in [-0.39, 0.29) is 11.4 Å². The molecule has 0 saturated heterocycles. The van der Waals surface area contributed by atoms with E-state index in [0.717, 1.165) is 17.0 Å². The molecular formula is C15H19N5O5S2. The molecule has 0 N–H and O–H groups in total. The van der Waals surface area contributed by atoms with Crippen LogP contribution in [0, 0.1) is 10.1 Å². The van der Waals surface area contributed by atoms with Crippen LogP contribution in [-0.4, -0.2) is 37.7 Å². The topological polar surface area (TPSA) is 132 Å². The van der Waals surface area contributed by atoms with E-state index in [2.05, 4.69) is 10.2 Å². The number of unbranched alkanes of at least 4 members (excludes halogenated alkanes) is 1. The van der Waals surface area contributed by atoms with Gasteiger partial charge in [0.25, 0.3) is 0 Å². The minimum absolute atomic E-state index is 0.0941. The van der Waals surface area contributed by atoms with Crippen molar-refractivity contribution in [2.75, 3.05) is 24.7 Å². The average molecular weight is 413 g/mol. The highest BCUT2D eigenvalue weighted by molar-refractivity contribution is 7.85. The minimum Gasteiger partial charge on any atom is -0.748 e. The van der Waals surface area contributed by atoms with Gasteiger partial charge in [-0.25, -0.2) is 13.0 Å². The highest BCUT2D eigenvalue weighted by Crippen LogP contribution is 2.28. The van der Waals surface area contributed by atoms with E-state index in [0.29, 0.717) is 23.8 Å². The van der Waals surface area contributed by atoms with Crippen LogP contribution >= 0.6 is 11.3 Å². The van der Waals surface area contributed by atoms with Gasteiger partial charge in [-0.15, -0.1) is 0 Å². The Labute approximate surface area is 160 Å². The van der Waals surface area contributed by atoms with Gasteiger partial charge < -0.3 is 9.45 Å². The van der Waals surface area contributed by atoms with Crippen molar-refractivity contribution in [3.63, 3.8) is 0 Å². The summed E-state index contributed by atoms with van der Waals surface area (Å²) in [7, 11) is -0.425. The first-order chi connectivity index (χ1) is 12.7. The second kappa shape index (κ2) is 8.97. The Hall–Kier alpha value is -2.44. The van der Waals surface area contributed by atoms with Crippen LogP contribution in [0.1, 0.15) is 12.8 Å². The molecule has 1 heterocycles. The number of benzene rings is 1. The molecule has 1 aromatic carbocycles. The standard InChI is InChI=1S/C15H19N5O5S2/c1-18(2)13-7-5-12(6-8-13)16-17-15-19(11-14(26-15)20(21)22)9-3-4-10-27(23,24)25/h5-8,11H,3-4,9-10H2,1-2H3. The third-order valence-corrected chi connectivity index (χ3v) is 5.30. The van der Waals surface area contributed by atoms with Crippen molar-refractivity contribution in [1.29, 1.82) is 0 Å². The van der Waals surface area contributed by atoms with Crippen LogP contribution in [-0.2, 0) is 16.7 Å². The molecule has 0 bridgehead atoms. The van der Waals surface area contributed by atoms with Crippen molar-refractivity contribution in [2.24, 2.45) is 10.2 Å². The summed E-state index contributed by atoms with van der Waals surface area (Å²) >= 11 is 0.874. The van der Waals surface area contributed by atoms with E-state index in [1.165, 1.54) is 10.8 Å². The number of anilines is 1. The van der Waals surface area contributed by atoms with Crippen molar-refractivity contribution in [3.05, 3.63) is 40.6 Å². The molecular weight excluding hydrogens is 394 g/mol. The molecule has 0 unspecified atom stereocenters. The second-order valence-corrected chi connectivity index (χ2v) is 8.39. The number of nitro groups is 1. The molecule has 146 valence electrons. The summed E-state index contributed by atoms with van der Waals surface area (Å²) in [5.41, 5.74) is 1.60. The van der Waals surface area contributed by atoms with Gasteiger partial charge in [0.05, 0.1) is 26.7 Å². The van der Waals surface area contributed by atoms with Gasteiger partial charge in [0.15, 0.2) is 6.20 Å². The molecule has 27 heavy (non-hydrogen) atoms. The maximum atomic E-state index is 11.0. The van der Waals surface area contributed by atoms with E-state index in [1.807, 2.05) is 31.1 Å².